The molecule has 1 aromatic heterocycles. The highest BCUT2D eigenvalue weighted by atomic mass is 19.1. The van der Waals surface area contributed by atoms with Crippen LogP contribution in [0.15, 0.2) is 30.3 Å². The van der Waals surface area contributed by atoms with Crippen LogP contribution in [0.2, 0.25) is 0 Å². The Morgan fingerprint density at radius 3 is 2.38 bits per heavy atom. The summed E-state index contributed by atoms with van der Waals surface area (Å²) in [6, 6.07) is 10.6. The van der Waals surface area contributed by atoms with Crippen molar-refractivity contribution in [2.75, 3.05) is 19.1 Å². The topological polar surface area (TPSA) is 95.7 Å². The molecule has 2 aromatic carbocycles. The Balaban J connectivity index is 0.000000833. The standard InChI is InChI=1S/C28H34FN3O.CH2O2.CH4O.CH4/c1-18-9-11-20(15-24(18)29)21(17-33)16-27-30-28-23-12-10-19(2)31(3)25(23)13-14-26(28)32(27)22-7-5-4-6-8-22;2-1-3;1-2;/h9,11,13-15,17,19,21-22H,4-8,10,12,16H2,1-3H3;1H,(H,2,3);2H,1H3;1H4. The van der Waals surface area contributed by atoms with Crippen molar-refractivity contribution in [2.45, 2.75) is 90.6 Å². The van der Waals surface area contributed by atoms with Gasteiger partial charge in [0.05, 0.1) is 11.0 Å². The molecular formula is C31H44FN3O4. The molecule has 0 saturated heterocycles. The first-order valence-corrected chi connectivity index (χ1v) is 13.4. The number of aliphatic hydroxyl groups excluding tert-OH is 1. The number of fused-ring (bicyclic) bond motifs is 3. The van der Waals surface area contributed by atoms with Gasteiger partial charge in [-0.25, -0.2) is 9.37 Å². The molecule has 0 spiro atoms. The number of carboxylic acid groups (broad SMARTS) is 1. The van der Waals surface area contributed by atoms with Crippen molar-refractivity contribution >= 4 is 29.5 Å². The smallest absolute Gasteiger partial charge is 0.290 e. The number of aliphatic hydroxyl groups is 1. The molecule has 2 N–H and O–H groups in total. The average molecular weight is 542 g/mol. The molecule has 8 heteroatoms. The normalized spacial score (nSPS) is 17.5. The van der Waals surface area contributed by atoms with Crippen LogP contribution in [0.5, 0.6) is 0 Å². The molecule has 39 heavy (non-hydrogen) atoms. The van der Waals surface area contributed by atoms with Crippen molar-refractivity contribution in [3.05, 3.63) is 58.7 Å². The van der Waals surface area contributed by atoms with Gasteiger partial charge in [-0.2, -0.15) is 0 Å². The van der Waals surface area contributed by atoms with E-state index in [2.05, 4.69) is 35.6 Å². The average Bonchev–Trinajstić information content (AvgIpc) is 3.31. The molecule has 5 rings (SSSR count). The second-order valence-corrected chi connectivity index (χ2v) is 10.2. The minimum absolute atomic E-state index is 0. The van der Waals surface area contributed by atoms with Crippen LogP contribution in [-0.4, -0.2) is 52.7 Å². The number of hydrogen-bond acceptors (Lipinski definition) is 5. The van der Waals surface area contributed by atoms with Gasteiger partial charge < -0.3 is 24.5 Å². The fourth-order valence-corrected chi connectivity index (χ4v) is 5.79. The minimum atomic E-state index is -0.405. The van der Waals surface area contributed by atoms with E-state index in [9.17, 15) is 9.18 Å². The number of rotatable bonds is 5. The van der Waals surface area contributed by atoms with Gasteiger partial charge in [-0.15, -0.1) is 0 Å². The number of aromatic nitrogens is 2. The van der Waals surface area contributed by atoms with Crippen LogP contribution >= 0.6 is 0 Å². The summed E-state index contributed by atoms with van der Waals surface area (Å²) in [6.45, 7) is 3.77. The lowest BCUT2D eigenvalue weighted by Crippen LogP contribution is -2.33. The van der Waals surface area contributed by atoms with E-state index in [1.165, 1.54) is 42.1 Å². The van der Waals surface area contributed by atoms with Gasteiger partial charge in [-0.1, -0.05) is 38.8 Å². The third-order valence-corrected chi connectivity index (χ3v) is 8.00. The van der Waals surface area contributed by atoms with Gasteiger partial charge in [0.1, 0.15) is 17.9 Å². The first-order chi connectivity index (χ1) is 18.4. The number of benzene rings is 2. The molecule has 0 amide bonds. The number of carbonyl (C=O) groups excluding carboxylic acids is 1. The summed E-state index contributed by atoms with van der Waals surface area (Å²) < 4.78 is 16.7. The highest BCUT2D eigenvalue weighted by Crippen LogP contribution is 2.39. The number of nitrogens with zero attached hydrogens (tertiary/aromatic N) is 3. The number of aldehydes is 1. The highest BCUT2D eigenvalue weighted by Gasteiger charge is 2.28. The maximum atomic E-state index is 14.3. The lowest BCUT2D eigenvalue weighted by atomic mass is 9.93. The number of imidazole rings is 1. The van der Waals surface area contributed by atoms with Crippen molar-refractivity contribution in [3.63, 3.8) is 0 Å². The molecule has 1 aliphatic heterocycles. The number of hydrogen-bond donors (Lipinski definition) is 2. The summed E-state index contributed by atoms with van der Waals surface area (Å²) in [7, 11) is 3.17. The summed E-state index contributed by atoms with van der Waals surface area (Å²) in [5.74, 6) is 0.300. The fourth-order valence-electron chi connectivity index (χ4n) is 5.79. The van der Waals surface area contributed by atoms with Gasteiger partial charge in [0.25, 0.3) is 6.47 Å². The number of aryl methyl sites for hydroxylation is 2. The van der Waals surface area contributed by atoms with Gasteiger partial charge >= 0.3 is 0 Å². The predicted octanol–water partition coefficient (Wildman–Crippen LogP) is 6.23. The third kappa shape index (κ3) is 6.85. The van der Waals surface area contributed by atoms with Crippen LogP contribution in [0, 0.1) is 12.7 Å². The van der Waals surface area contributed by atoms with E-state index in [1.807, 2.05) is 6.07 Å². The van der Waals surface area contributed by atoms with Crippen LogP contribution in [-0.2, 0) is 22.4 Å². The zero-order chi connectivity index (χ0) is 27.8. The van der Waals surface area contributed by atoms with Gasteiger partial charge in [0, 0.05) is 49.8 Å². The molecule has 1 saturated carbocycles. The maximum absolute atomic E-state index is 14.3. The Morgan fingerprint density at radius 1 is 1.10 bits per heavy atom. The molecule has 7 nitrogen and oxygen atoms in total. The third-order valence-electron chi connectivity index (χ3n) is 8.00. The van der Waals surface area contributed by atoms with Crippen molar-refractivity contribution in [2.24, 2.45) is 0 Å². The SMILES string of the molecule is C.CO.Cc1ccc(C(C=O)Cc2nc3c4c(ccc3n2C2CCCCC2)N(C)C(C)CC4)cc1F.O=CO. The van der Waals surface area contributed by atoms with Crippen molar-refractivity contribution < 1.29 is 24.2 Å². The van der Waals surface area contributed by atoms with Gasteiger partial charge in [0.15, 0.2) is 0 Å². The van der Waals surface area contributed by atoms with Crippen LogP contribution < -0.4 is 4.90 Å². The molecule has 214 valence electrons. The second kappa shape index (κ2) is 14.8. The van der Waals surface area contributed by atoms with Gasteiger partial charge in [-0.05, 0) is 68.9 Å². The molecule has 3 aromatic rings. The Morgan fingerprint density at radius 2 is 1.77 bits per heavy atom. The zero-order valence-corrected chi connectivity index (χ0v) is 22.9. The maximum Gasteiger partial charge on any atom is 0.290 e. The summed E-state index contributed by atoms with van der Waals surface area (Å²) >= 11 is 0. The van der Waals surface area contributed by atoms with Crippen molar-refractivity contribution in [1.29, 1.82) is 0 Å². The molecule has 1 fully saturated rings. The van der Waals surface area contributed by atoms with E-state index in [0.717, 1.165) is 56.0 Å². The summed E-state index contributed by atoms with van der Waals surface area (Å²) in [5.41, 5.74) is 6.21. The van der Waals surface area contributed by atoms with Crippen LogP contribution in [0.4, 0.5) is 10.1 Å². The Bertz CT molecular complexity index is 1240. The molecule has 2 heterocycles. The summed E-state index contributed by atoms with van der Waals surface area (Å²) in [6.07, 6.45) is 9.65. The lowest BCUT2D eigenvalue weighted by Gasteiger charge is -2.34. The van der Waals surface area contributed by atoms with Gasteiger partial charge in [0.2, 0.25) is 0 Å². The van der Waals surface area contributed by atoms with E-state index in [-0.39, 0.29) is 19.7 Å². The van der Waals surface area contributed by atoms with Crippen LogP contribution in [0.25, 0.3) is 11.0 Å². The lowest BCUT2D eigenvalue weighted by molar-refractivity contribution is -0.122. The first kappa shape index (κ1) is 32.0. The van der Waals surface area contributed by atoms with E-state index < -0.39 is 5.92 Å². The van der Waals surface area contributed by atoms with Crippen molar-refractivity contribution in [1.82, 2.24) is 9.55 Å². The fraction of sp³-hybridized carbons (Fsp3) is 0.516. The Labute approximate surface area is 231 Å². The van der Waals surface area contributed by atoms with Gasteiger partial charge in [-0.3, -0.25) is 4.79 Å². The predicted molar refractivity (Wildman–Crippen MR) is 155 cm³/mol. The number of carbonyl (C=O) groups is 2. The molecule has 0 bridgehead atoms. The molecule has 2 atom stereocenters. The molecule has 0 radical (unpaired) electrons. The number of halogens is 1. The second-order valence-electron chi connectivity index (χ2n) is 10.2. The minimum Gasteiger partial charge on any atom is -0.483 e. The van der Waals surface area contributed by atoms with Crippen LogP contribution in [0.1, 0.15) is 87.3 Å². The van der Waals surface area contributed by atoms with E-state index in [4.69, 9.17) is 20.0 Å². The Kier molecular flexibility index (Phi) is 12.1. The highest BCUT2D eigenvalue weighted by molar-refractivity contribution is 5.86. The quantitative estimate of drug-likeness (QED) is 0.372. The molecule has 2 unspecified atom stereocenters. The molecule has 2 aliphatic rings. The molecular weight excluding hydrogens is 497 g/mol. The first-order valence-electron chi connectivity index (χ1n) is 13.4. The summed E-state index contributed by atoms with van der Waals surface area (Å²) in [5, 5.41) is 13.9. The summed E-state index contributed by atoms with van der Waals surface area (Å²) in [4.78, 5) is 28.1. The molecule has 1 aliphatic carbocycles. The zero-order valence-electron chi connectivity index (χ0n) is 22.9. The van der Waals surface area contributed by atoms with Crippen LogP contribution in [0.3, 0.4) is 0 Å². The van der Waals surface area contributed by atoms with E-state index >= 15 is 0 Å². The van der Waals surface area contributed by atoms with Crippen molar-refractivity contribution in [3.8, 4) is 0 Å². The number of anilines is 1. The Hall–Kier alpha value is -3.26. The van der Waals surface area contributed by atoms with E-state index in [0.29, 0.717) is 24.1 Å². The van der Waals surface area contributed by atoms with E-state index in [1.54, 1.807) is 13.0 Å². The largest absolute Gasteiger partial charge is 0.483 e. The monoisotopic (exact) mass is 541 g/mol.